The number of amides is 1. The van der Waals surface area contributed by atoms with E-state index in [-0.39, 0.29) is 4.90 Å². The normalized spacial score (nSPS) is 12.8. The van der Waals surface area contributed by atoms with Gasteiger partial charge in [-0.15, -0.1) is 0 Å². The first-order valence-electron chi connectivity index (χ1n) is 4.22. The molecule has 94 valence electrons. The van der Waals surface area contributed by atoms with E-state index < -0.39 is 27.5 Å². The van der Waals surface area contributed by atoms with Crippen molar-refractivity contribution < 1.29 is 26.2 Å². The summed E-state index contributed by atoms with van der Waals surface area (Å²) < 4.78 is 48.3. The molecule has 0 aliphatic rings. The lowest BCUT2D eigenvalue weighted by Crippen LogP contribution is -2.28. The molecule has 1 atom stereocenters. The lowest BCUT2D eigenvalue weighted by Gasteiger charge is -2.08. The number of rotatable bonds is 3. The standard InChI is InChI=1S/C8H9NO6S2/c1-6-2-4-7(5-3-6)17(13,14)15-8(10)9-16(11)12/h2-5H,1H3,(H,9,10)(H,11,12)/p-1. The van der Waals surface area contributed by atoms with E-state index in [0.29, 0.717) is 0 Å². The molecule has 1 aromatic rings. The molecule has 0 radical (unpaired) electrons. The maximum Gasteiger partial charge on any atom is 0.434 e. The molecule has 0 spiro atoms. The van der Waals surface area contributed by atoms with Crippen molar-refractivity contribution in [1.82, 2.24) is 4.72 Å². The minimum atomic E-state index is -4.31. The maximum absolute atomic E-state index is 11.5. The number of hydrogen-bond donors (Lipinski definition) is 1. The third-order valence-corrected chi connectivity index (χ3v) is 3.22. The van der Waals surface area contributed by atoms with Gasteiger partial charge < -0.3 is 8.74 Å². The predicted octanol–water partition coefficient (Wildman–Crippen LogP) is 0.204. The first-order chi connectivity index (χ1) is 7.81. The number of carbonyl (C=O) groups excluding carboxylic acids is 1. The van der Waals surface area contributed by atoms with Crippen molar-refractivity contribution >= 4 is 27.5 Å². The summed E-state index contributed by atoms with van der Waals surface area (Å²) in [4.78, 5) is 10.6. The average molecular weight is 278 g/mol. The molecule has 1 N–H and O–H groups in total. The van der Waals surface area contributed by atoms with Crippen molar-refractivity contribution in [1.29, 1.82) is 0 Å². The van der Waals surface area contributed by atoms with Gasteiger partial charge in [-0.1, -0.05) is 17.7 Å². The Morgan fingerprint density at radius 2 is 1.88 bits per heavy atom. The highest BCUT2D eigenvalue weighted by Gasteiger charge is 2.19. The van der Waals surface area contributed by atoms with Crippen molar-refractivity contribution in [2.24, 2.45) is 0 Å². The number of carbonyl (C=O) groups is 1. The van der Waals surface area contributed by atoms with Crippen molar-refractivity contribution in [2.75, 3.05) is 0 Å². The second-order valence-electron chi connectivity index (χ2n) is 2.97. The van der Waals surface area contributed by atoms with Gasteiger partial charge in [0, 0.05) is 11.3 Å². The molecule has 0 saturated heterocycles. The zero-order valence-corrected chi connectivity index (χ0v) is 10.2. The molecular weight excluding hydrogens is 270 g/mol. The Hall–Kier alpha value is -1.45. The fraction of sp³-hybridized carbons (Fsp3) is 0.125. The zero-order valence-electron chi connectivity index (χ0n) is 8.58. The quantitative estimate of drug-likeness (QED) is 0.624. The highest BCUT2D eigenvalue weighted by Crippen LogP contribution is 2.13. The Morgan fingerprint density at radius 1 is 1.35 bits per heavy atom. The lowest BCUT2D eigenvalue weighted by atomic mass is 10.2. The highest BCUT2D eigenvalue weighted by atomic mass is 32.2. The van der Waals surface area contributed by atoms with Crippen LogP contribution in [0, 0.1) is 6.92 Å². The largest absolute Gasteiger partial charge is 0.755 e. The van der Waals surface area contributed by atoms with Crippen LogP contribution in [-0.2, 0) is 25.6 Å². The van der Waals surface area contributed by atoms with Crippen LogP contribution in [0.4, 0.5) is 4.79 Å². The van der Waals surface area contributed by atoms with Crippen molar-refractivity contribution in [3.05, 3.63) is 29.8 Å². The first kappa shape index (κ1) is 13.6. The summed E-state index contributed by atoms with van der Waals surface area (Å²) in [5.74, 6) is 0. The van der Waals surface area contributed by atoms with Gasteiger partial charge in [-0.05, 0) is 19.1 Å². The monoisotopic (exact) mass is 278 g/mol. The number of benzene rings is 1. The predicted molar refractivity (Wildman–Crippen MR) is 56.9 cm³/mol. The van der Waals surface area contributed by atoms with E-state index in [1.807, 2.05) is 0 Å². The number of nitrogens with one attached hydrogen (secondary N) is 1. The molecule has 9 heteroatoms. The second kappa shape index (κ2) is 5.25. The smallest absolute Gasteiger partial charge is 0.434 e. The van der Waals surface area contributed by atoms with E-state index >= 15 is 0 Å². The van der Waals surface area contributed by atoms with Crippen molar-refractivity contribution in [2.45, 2.75) is 11.8 Å². The molecule has 0 aliphatic heterocycles. The van der Waals surface area contributed by atoms with E-state index in [0.717, 1.165) is 5.56 Å². The second-order valence-corrected chi connectivity index (χ2v) is 5.19. The topological polar surface area (TPSA) is 113 Å². The maximum atomic E-state index is 11.5. The molecule has 0 heterocycles. The summed E-state index contributed by atoms with van der Waals surface area (Å²) in [6.07, 6.45) is -1.58. The molecule has 7 nitrogen and oxygen atoms in total. The third-order valence-electron chi connectivity index (χ3n) is 1.66. The molecule has 1 rings (SSSR count). The molecule has 0 aliphatic carbocycles. The molecule has 17 heavy (non-hydrogen) atoms. The zero-order chi connectivity index (χ0) is 13.1. The molecule has 1 amide bonds. The Labute approximate surface area is 100 Å². The SMILES string of the molecule is Cc1ccc(S(=O)(=O)OC(=O)NS(=O)[O-])cc1. The summed E-state index contributed by atoms with van der Waals surface area (Å²) in [6, 6.07) is 5.51. The van der Waals surface area contributed by atoms with Gasteiger partial charge in [0.2, 0.25) is 0 Å². The van der Waals surface area contributed by atoms with Crippen LogP contribution in [0.1, 0.15) is 5.56 Å². The van der Waals surface area contributed by atoms with Crippen molar-refractivity contribution in [3.63, 3.8) is 0 Å². The van der Waals surface area contributed by atoms with Gasteiger partial charge >= 0.3 is 16.2 Å². The van der Waals surface area contributed by atoms with Gasteiger partial charge in [-0.2, -0.15) is 8.42 Å². The summed E-state index contributed by atoms with van der Waals surface area (Å²) >= 11 is -2.93. The Morgan fingerprint density at radius 3 is 2.35 bits per heavy atom. The van der Waals surface area contributed by atoms with E-state index in [4.69, 9.17) is 0 Å². The lowest BCUT2D eigenvalue weighted by molar-refractivity contribution is 0.208. The molecule has 0 aromatic heterocycles. The van der Waals surface area contributed by atoms with Crippen LogP contribution in [-0.4, -0.2) is 23.3 Å². The fourth-order valence-corrected chi connectivity index (χ4v) is 1.97. The van der Waals surface area contributed by atoms with Gasteiger partial charge in [0.15, 0.2) is 0 Å². The van der Waals surface area contributed by atoms with Gasteiger partial charge in [0.05, 0.1) is 0 Å². The van der Waals surface area contributed by atoms with E-state index in [1.54, 1.807) is 6.92 Å². The Kier molecular flexibility index (Phi) is 4.21. The fourth-order valence-electron chi connectivity index (χ4n) is 0.938. The highest BCUT2D eigenvalue weighted by molar-refractivity contribution is 7.87. The van der Waals surface area contributed by atoms with Crippen molar-refractivity contribution in [3.8, 4) is 0 Å². The van der Waals surface area contributed by atoms with Crippen LogP contribution in [0.2, 0.25) is 0 Å². The van der Waals surface area contributed by atoms with Gasteiger partial charge in [-0.25, -0.2) is 9.52 Å². The molecule has 1 aromatic carbocycles. The van der Waals surface area contributed by atoms with Crippen LogP contribution >= 0.6 is 0 Å². The van der Waals surface area contributed by atoms with E-state index in [9.17, 15) is 22.0 Å². The summed E-state index contributed by atoms with van der Waals surface area (Å²) in [7, 11) is -4.31. The molecule has 0 bridgehead atoms. The van der Waals surface area contributed by atoms with Crippen LogP contribution in [0.15, 0.2) is 29.2 Å². The molecular formula is C8H8NO6S2-. The van der Waals surface area contributed by atoms with Crippen LogP contribution in [0.25, 0.3) is 0 Å². The van der Waals surface area contributed by atoms with Gasteiger partial charge in [-0.3, -0.25) is 4.21 Å². The summed E-state index contributed by atoms with van der Waals surface area (Å²) in [5, 5.41) is 0. The van der Waals surface area contributed by atoms with Gasteiger partial charge in [0.1, 0.15) is 4.90 Å². The molecule has 0 fully saturated rings. The van der Waals surface area contributed by atoms with Crippen LogP contribution in [0.5, 0.6) is 0 Å². The van der Waals surface area contributed by atoms with Crippen LogP contribution in [0.3, 0.4) is 0 Å². The van der Waals surface area contributed by atoms with E-state index in [2.05, 4.69) is 4.18 Å². The summed E-state index contributed by atoms with van der Waals surface area (Å²) in [6.45, 7) is 1.75. The Bertz CT molecular complexity index is 536. The minimum absolute atomic E-state index is 0.241. The first-order valence-corrected chi connectivity index (χ1v) is 6.70. The van der Waals surface area contributed by atoms with Crippen LogP contribution < -0.4 is 4.72 Å². The number of aryl methyl sites for hydroxylation is 1. The molecule has 0 saturated carbocycles. The number of hydrogen-bond acceptors (Lipinski definition) is 6. The Balaban J connectivity index is 2.86. The summed E-state index contributed by atoms with van der Waals surface area (Å²) in [5.41, 5.74) is 0.828. The van der Waals surface area contributed by atoms with Gasteiger partial charge in [0.25, 0.3) is 0 Å². The molecule has 1 unspecified atom stereocenters. The average Bonchev–Trinajstić information content (AvgIpc) is 2.15. The minimum Gasteiger partial charge on any atom is -0.755 e. The van der Waals surface area contributed by atoms with E-state index in [1.165, 1.54) is 29.0 Å². The third kappa shape index (κ3) is 4.13.